The number of nitrogens with zero attached hydrogens (tertiary/aromatic N) is 3. The number of aromatic nitrogens is 2. The van der Waals surface area contributed by atoms with E-state index in [2.05, 4.69) is 15.3 Å². The van der Waals surface area contributed by atoms with Crippen molar-refractivity contribution in [1.82, 2.24) is 9.97 Å². The van der Waals surface area contributed by atoms with E-state index >= 15 is 0 Å². The SMILES string of the molecule is Cc1ccc(-c2nc3cccnc3s2)cc1NC(=O)/C=C/c1ccc([N+](=O)[O-])cc1. The molecular weight excluding hydrogens is 400 g/mol. The Bertz CT molecular complexity index is 1250. The molecule has 7 nitrogen and oxygen atoms in total. The first kappa shape index (κ1) is 19.4. The third kappa shape index (κ3) is 4.23. The van der Waals surface area contributed by atoms with E-state index in [-0.39, 0.29) is 11.6 Å². The molecule has 0 spiro atoms. The maximum Gasteiger partial charge on any atom is 0.269 e. The third-order valence-electron chi connectivity index (χ3n) is 4.44. The van der Waals surface area contributed by atoms with Gasteiger partial charge in [-0.25, -0.2) is 9.97 Å². The Morgan fingerprint density at radius 3 is 2.70 bits per heavy atom. The van der Waals surface area contributed by atoms with E-state index < -0.39 is 4.92 Å². The highest BCUT2D eigenvalue weighted by atomic mass is 32.1. The lowest BCUT2D eigenvalue weighted by Gasteiger charge is -2.08. The number of nitrogens with one attached hydrogen (secondary N) is 1. The fourth-order valence-electron chi connectivity index (χ4n) is 2.84. The topological polar surface area (TPSA) is 98.0 Å². The Morgan fingerprint density at radius 1 is 1.17 bits per heavy atom. The van der Waals surface area contributed by atoms with Gasteiger partial charge in [0.25, 0.3) is 5.69 Å². The molecular formula is C22H16N4O3S. The molecule has 148 valence electrons. The van der Waals surface area contributed by atoms with Crippen LogP contribution in [-0.2, 0) is 4.79 Å². The van der Waals surface area contributed by atoms with Crippen molar-refractivity contribution >= 4 is 45.0 Å². The summed E-state index contributed by atoms with van der Waals surface area (Å²) in [6, 6.07) is 15.6. The largest absolute Gasteiger partial charge is 0.322 e. The van der Waals surface area contributed by atoms with Crippen molar-refractivity contribution in [2.75, 3.05) is 5.32 Å². The van der Waals surface area contributed by atoms with E-state index in [1.807, 2.05) is 37.3 Å². The molecule has 0 radical (unpaired) electrons. The zero-order chi connectivity index (χ0) is 21.1. The van der Waals surface area contributed by atoms with Gasteiger partial charge >= 0.3 is 0 Å². The standard InChI is InChI=1S/C22H16N4O3S/c1-14-4-8-16(21-25-18-3-2-12-23-22(18)30-21)13-19(14)24-20(27)11-7-15-5-9-17(10-6-15)26(28)29/h2-13H,1H3,(H,24,27)/b11-7+. The lowest BCUT2D eigenvalue weighted by Crippen LogP contribution is -2.09. The Morgan fingerprint density at radius 2 is 1.97 bits per heavy atom. The number of aryl methyl sites for hydroxylation is 1. The van der Waals surface area contributed by atoms with Gasteiger partial charge in [0.2, 0.25) is 5.91 Å². The van der Waals surface area contributed by atoms with Crippen LogP contribution in [0.1, 0.15) is 11.1 Å². The number of hydrogen-bond donors (Lipinski definition) is 1. The van der Waals surface area contributed by atoms with Crippen LogP contribution in [0.25, 0.3) is 27.0 Å². The van der Waals surface area contributed by atoms with Crippen molar-refractivity contribution in [3.63, 3.8) is 0 Å². The lowest BCUT2D eigenvalue weighted by molar-refractivity contribution is -0.384. The van der Waals surface area contributed by atoms with Gasteiger partial charge in [-0.2, -0.15) is 0 Å². The normalized spacial score (nSPS) is 11.1. The highest BCUT2D eigenvalue weighted by Crippen LogP contribution is 2.31. The number of non-ortho nitro benzene ring substituents is 1. The maximum atomic E-state index is 12.4. The second kappa shape index (κ2) is 8.22. The third-order valence-corrected chi connectivity index (χ3v) is 5.47. The number of pyridine rings is 1. The van der Waals surface area contributed by atoms with Gasteiger partial charge in [-0.1, -0.05) is 23.5 Å². The van der Waals surface area contributed by atoms with Gasteiger partial charge in [0, 0.05) is 35.7 Å². The predicted molar refractivity (Wildman–Crippen MR) is 118 cm³/mol. The molecule has 4 rings (SSSR count). The Hall–Kier alpha value is -3.91. The Kier molecular flexibility index (Phi) is 5.32. The van der Waals surface area contributed by atoms with Crippen molar-refractivity contribution in [2.24, 2.45) is 0 Å². The number of carbonyl (C=O) groups is 1. The van der Waals surface area contributed by atoms with Gasteiger partial charge in [-0.05, 0) is 54.5 Å². The first-order chi connectivity index (χ1) is 14.5. The second-order valence-electron chi connectivity index (χ2n) is 6.55. The van der Waals surface area contributed by atoms with Gasteiger partial charge in [0.1, 0.15) is 15.4 Å². The lowest BCUT2D eigenvalue weighted by atomic mass is 10.1. The summed E-state index contributed by atoms with van der Waals surface area (Å²) in [6.07, 6.45) is 4.74. The number of nitro benzene ring substituents is 1. The molecule has 2 heterocycles. The van der Waals surface area contributed by atoms with Gasteiger partial charge in [-0.15, -0.1) is 0 Å². The van der Waals surface area contributed by atoms with Crippen molar-refractivity contribution in [3.8, 4) is 10.6 Å². The first-order valence-corrected chi connectivity index (χ1v) is 9.87. The van der Waals surface area contributed by atoms with E-state index in [0.717, 1.165) is 26.5 Å². The predicted octanol–water partition coefficient (Wildman–Crippen LogP) is 5.23. The zero-order valence-corrected chi connectivity index (χ0v) is 16.7. The number of hydrogen-bond acceptors (Lipinski definition) is 6. The maximum absolute atomic E-state index is 12.4. The fourth-order valence-corrected chi connectivity index (χ4v) is 3.74. The molecule has 8 heteroatoms. The fraction of sp³-hybridized carbons (Fsp3) is 0.0455. The van der Waals surface area contributed by atoms with Crippen LogP contribution in [-0.4, -0.2) is 20.8 Å². The summed E-state index contributed by atoms with van der Waals surface area (Å²) in [4.78, 5) is 32.4. The quantitative estimate of drug-likeness (QED) is 0.273. The molecule has 0 bridgehead atoms. The molecule has 0 aliphatic rings. The number of amides is 1. The molecule has 2 aromatic carbocycles. The molecule has 0 aliphatic carbocycles. The summed E-state index contributed by atoms with van der Waals surface area (Å²) in [6.45, 7) is 1.92. The molecule has 30 heavy (non-hydrogen) atoms. The zero-order valence-electron chi connectivity index (χ0n) is 15.9. The summed E-state index contributed by atoms with van der Waals surface area (Å²) in [5.74, 6) is -0.292. The van der Waals surface area contributed by atoms with E-state index in [4.69, 9.17) is 0 Å². The van der Waals surface area contributed by atoms with E-state index in [1.165, 1.54) is 29.5 Å². The number of fused-ring (bicyclic) bond motifs is 1. The minimum Gasteiger partial charge on any atom is -0.322 e. The monoisotopic (exact) mass is 416 g/mol. The molecule has 0 saturated heterocycles. The van der Waals surface area contributed by atoms with Crippen molar-refractivity contribution in [2.45, 2.75) is 6.92 Å². The molecule has 0 aliphatic heterocycles. The number of carbonyl (C=O) groups excluding carboxylic acids is 1. The van der Waals surface area contributed by atoms with Gasteiger partial charge in [0.15, 0.2) is 0 Å². The summed E-state index contributed by atoms with van der Waals surface area (Å²) in [5.41, 5.74) is 4.07. The molecule has 0 atom stereocenters. The smallest absolute Gasteiger partial charge is 0.269 e. The van der Waals surface area contributed by atoms with E-state index in [1.54, 1.807) is 24.4 Å². The molecule has 2 aromatic heterocycles. The summed E-state index contributed by atoms with van der Waals surface area (Å²) >= 11 is 1.50. The molecule has 1 N–H and O–H groups in total. The first-order valence-electron chi connectivity index (χ1n) is 9.06. The van der Waals surface area contributed by atoms with Gasteiger partial charge in [0.05, 0.1) is 4.92 Å². The van der Waals surface area contributed by atoms with E-state index in [9.17, 15) is 14.9 Å². The summed E-state index contributed by atoms with van der Waals surface area (Å²) in [7, 11) is 0. The minimum atomic E-state index is -0.461. The Balaban J connectivity index is 1.51. The van der Waals surface area contributed by atoms with Crippen LogP contribution in [0, 0.1) is 17.0 Å². The van der Waals surface area contributed by atoms with Crippen molar-refractivity contribution in [3.05, 3.63) is 88.1 Å². The molecule has 4 aromatic rings. The second-order valence-corrected chi connectivity index (χ2v) is 7.53. The summed E-state index contributed by atoms with van der Waals surface area (Å²) in [5, 5.41) is 14.4. The van der Waals surface area contributed by atoms with Crippen LogP contribution >= 0.6 is 11.3 Å². The van der Waals surface area contributed by atoms with Crippen LogP contribution < -0.4 is 5.32 Å². The van der Waals surface area contributed by atoms with Crippen molar-refractivity contribution < 1.29 is 9.72 Å². The van der Waals surface area contributed by atoms with Crippen LogP contribution in [0.3, 0.4) is 0 Å². The van der Waals surface area contributed by atoms with Gasteiger partial charge in [-0.3, -0.25) is 14.9 Å². The number of benzene rings is 2. The number of anilines is 1. The highest BCUT2D eigenvalue weighted by molar-refractivity contribution is 7.21. The van der Waals surface area contributed by atoms with Gasteiger partial charge < -0.3 is 5.32 Å². The molecule has 0 fully saturated rings. The van der Waals surface area contributed by atoms with Crippen LogP contribution in [0.5, 0.6) is 0 Å². The van der Waals surface area contributed by atoms with E-state index in [0.29, 0.717) is 11.3 Å². The number of thiazole rings is 1. The Labute approximate surface area is 175 Å². The number of nitro groups is 1. The minimum absolute atomic E-state index is 0.00842. The summed E-state index contributed by atoms with van der Waals surface area (Å²) < 4.78 is 0. The molecule has 0 unspecified atom stereocenters. The van der Waals surface area contributed by atoms with Crippen LogP contribution in [0.15, 0.2) is 66.9 Å². The molecule has 0 saturated carbocycles. The van der Waals surface area contributed by atoms with Crippen molar-refractivity contribution in [1.29, 1.82) is 0 Å². The van der Waals surface area contributed by atoms with Crippen LogP contribution in [0.4, 0.5) is 11.4 Å². The average molecular weight is 416 g/mol. The van der Waals surface area contributed by atoms with Crippen LogP contribution in [0.2, 0.25) is 0 Å². The highest BCUT2D eigenvalue weighted by Gasteiger charge is 2.10. The molecule has 1 amide bonds. The number of rotatable bonds is 5. The average Bonchev–Trinajstić information content (AvgIpc) is 3.18.